The molecule has 5 rings (SSSR count). The van der Waals surface area contributed by atoms with Gasteiger partial charge in [0.2, 0.25) is 0 Å². The third kappa shape index (κ3) is 6.83. The Morgan fingerprint density at radius 1 is 0.857 bits per heavy atom. The third-order valence-electron chi connectivity index (χ3n) is 10.5. The Balaban J connectivity index is 1.69. The van der Waals surface area contributed by atoms with E-state index in [1.54, 1.807) is 14.2 Å². The molecule has 0 bridgehead atoms. The first-order valence-corrected chi connectivity index (χ1v) is 19.4. The van der Waals surface area contributed by atoms with Crippen molar-refractivity contribution in [1.82, 2.24) is 9.55 Å². The Labute approximate surface area is 289 Å². The molecule has 0 radical (unpaired) electrons. The van der Waals surface area contributed by atoms with Gasteiger partial charge in [0.05, 0.1) is 38.4 Å². The van der Waals surface area contributed by atoms with Crippen molar-refractivity contribution in [3.8, 4) is 11.5 Å². The zero-order valence-corrected chi connectivity index (χ0v) is 30.5. The van der Waals surface area contributed by atoms with Gasteiger partial charge in [0, 0.05) is 18.9 Å². The number of benzene rings is 3. The van der Waals surface area contributed by atoms with E-state index in [2.05, 4.69) is 45.4 Å². The van der Waals surface area contributed by atoms with Gasteiger partial charge in [-0.15, -0.1) is 0 Å². The fraction of sp³-hybridized carbons (Fsp3) is 0.385. The van der Waals surface area contributed by atoms with Crippen LogP contribution < -0.4 is 20.7 Å². The van der Waals surface area contributed by atoms with Gasteiger partial charge < -0.3 is 23.7 Å². The smallest absolute Gasteiger partial charge is 0.328 e. The molecule has 49 heavy (non-hydrogen) atoms. The number of hydrogen-bond acceptors (Lipinski definition) is 7. The number of hydrogen-bond donors (Lipinski definition) is 2. The number of aliphatic hydroxyl groups excluding tert-OH is 1. The lowest BCUT2D eigenvalue weighted by Gasteiger charge is -2.44. The number of rotatable bonds is 12. The summed E-state index contributed by atoms with van der Waals surface area (Å²) in [6.45, 7) is 15.5. The highest BCUT2D eigenvalue weighted by atomic mass is 28.4. The summed E-state index contributed by atoms with van der Waals surface area (Å²) in [7, 11) is 0.918. The van der Waals surface area contributed by atoms with Gasteiger partial charge in [-0.2, -0.15) is 0 Å². The van der Waals surface area contributed by atoms with Crippen LogP contribution in [0.2, 0.25) is 18.1 Å². The molecule has 0 unspecified atom stereocenters. The minimum Gasteiger partial charge on any atom is -0.497 e. The molecule has 3 aromatic carbocycles. The standard InChI is InChI=1S/C39H48N2O7Si/c1-27-33(41-23-22-35(43)40-36(41)44)24-34(42)38(27,26-48-49(7,8)37(2,3)4)25-47-39(28-12-10-9-11-13-28,29-14-18-31(45-5)19-15-29)30-16-20-32(46-6)21-17-30/h9-23,33-34,42H,1,24-26H2,2-8H3,(H,40,43,44)/t33-,34-,38+/m0/s1. The van der Waals surface area contributed by atoms with E-state index in [0.717, 1.165) is 16.7 Å². The molecule has 3 atom stereocenters. The van der Waals surface area contributed by atoms with Gasteiger partial charge in [0.1, 0.15) is 17.1 Å². The van der Waals surface area contributed by atoms with E-state index in [1.165, 1.54) is 16.8 Å². The number of ether oxygens (including phenoxy) is 3. The number of nitrogens with zero attached hydrogens (tertiary/aromatic N) is 1. The highest BCUT2D eigenvalue weighted by molar-refractivity contribution is 6.74. The summed E-state index contributed by atoms with van der Waals surface area (Å²) in [5, 5.41) is 12.0. The van der Waals surface area contributed by atoms with Gasteiger partial charge in [0.25, 0.3) is 5.56 Å². The van der Waals surface area contributed by atoms with Crippen molar-refractivity contribution in [3.63, 3.8) is 0 Å². The van der Waals surface area contributed by atoms with Crippen LogP contribution in [0.15, 0.2) is 113 Å². The maximum absolute atomic E-state index is 13.0. The summed E-state index contributed by atoms with van der Waals surface area (Å²) < 4.78 is 26.6. The molecule has 1 aromatic heterocycles. The number of aromatic amines is 1. The average Bonchev–Trinajstić information content (AvgIpc) is 3.33. The molecule has 0 saturated heterocycles. The van der Waals surface area contributed by atoms with Gasteiger partial charge in [-0.25, -0.2) is 4.79 Å². The van der Waals surface area contributed by atoms with E-state index >= 15 is 0 Å². The molecule has 260 valence electrons. The van der Waals surface area contributed by atoms with Crippen molar-refractivity contribution in [3.05, 3.63) is 141 Å². The Kier molecular flexibility index (Phi) is 10.3. The first-order chi connectivity index (χ1) is 23.2. The van der Waals surface area contributed by atoms with E-state index in [-0.39, 0.29) is 24.7 Å². The molecule has 1 heterocycles. The van der Waals surface area contributed by atoms with E-state index in [9.17, 15) is 14.7 Å². The van der Waals surface area contributed by atoms with Crippen molar-refractivity contribution in [2.45, 2.75) is 63.1 Å². The predicted octanol–water partition coefficient (Wildman–Crippen LogP) is 6.43. The van der Waals surface area contributed by atoms with Crippen molar-refractivity contribution < 1.29 is 23.7 Å². The highest BCUT2D eigenvalue weighted by Crippen LogP contribution is 2.52. The molecule has 1 aliphatic carbocycles. The van der Waals surface area contributed by atoms with Gasteiger partial charge in [-0.05, 0) is 71.1 Å². The molecule has 4 aromatic rings. The molecule has 2 N–H and O–H groups in total. The first kappa shape index (κ1) is 36.1. The number of aliphatic hydroxyl groups is 1. The van der Waals surface area contributed by atoms with Crippen LogP contribution >= 0.6 is 0 Å². The minimum absolute atomic E-state index is 0.00315. The Bertz CT molecular complexity index is 1810. The maximum Gasteiger partial charge on any atom is 0.328 e. The highest BCUT2D eigenvalue weighted by Gasteiger charge is 2.54. The quantitative estimate of drug-likeness (QED) is 0.101. The van der Waals surface area contributed by atoms with Crippen LogP contribution in [-0.2, 0) is 14.8 Å². The largest absolute Gasteiger partial charge is 0.497 e. The summed E-state index contributed by atoms with van der Waals surface area (Å²) in [4.78, 5) is 27.3. The number of H-pyrrole nitrogens is 1. The number of aromatic nitrogens is 2. The van der Waals surface area contributed by atoms with Crippen molar-refractivity contribution in [1.29, 1.82) is 0 Å². The predicted molar refractivity (Wildman–Crippen MR) is 194 cm³/mol. The SMILES string of the molecule is C=C1[C@@H](n2ccc(=O)[nH]c2=O)C[C@H](O)[C@]1(COC(c1ccccc1)(c1ccc(OC)cc1)c1ccc(OC)cc1)CO[Si](C)(C)C(C)(C)C. The van der Waals surface area contributed by atoms with Crippen LogP contribution in [0.25, 0.3) is 0 Å². The lowest BCUT2D eigenvalue weighted by Crippen LogP contribution is -2.49. The fourth-order valence-electron chi connectivity index (χ4n) is 6.34. The molecule has 1 fully saturated rings. The summed E-state index contributed by atoms with van der Waals surface area (Å²) >= 11 is 0. The van der Waals surface area contributed by atoms with Crippen LogP contribution in [-0.4, -0.2) is 56.5 Å². The molecule has 9 nitrogen and oxygen atoms in total. The van der Waals surface area contributed by atoms with Crippen LogP contribution in [0.1, 0.15) is 49.9 Å². The van der Waals surface area contributed by atoms with Crippen molar-refractivity contribution in [2.75, 3.05) is 27.4 Å². The third-order valence-corrected chi connectivity index (χ3v) is 15.0. The van der Waals surface area contributed by atoms with Gasteiger partial charge in [0.15, 0.2) is 8.32 Å². The van der Waals surface area contributed by atoms with Crippen LogP contribution in [0.3, 0.4) is 0 Å². The topological polar surface area (TPSA) is 112 Å². The van der Waals surface area contributed by atoms with Gasteiger partial charge >= 0.3 is 5.69 Å². The van der Waals surface area contributed by atoms with Crippen LogP contribution in [0.4, 0.5) is 0 Å². The number of nitrogens with one attached hydrogen (secondary N) is 1. The number of methoxy groups -OCH3 is 2. The van der Waals surface area contributed by atoms with Crippen LogP contribution in [0, 0.1) is 5.41 Å². The summed E-state index contributed by atoms with van der Waals surface area (Å²) in [6.07, 6.45) is 0.672. The molecule has 0 amide bonds. The summed E-state index contributed by atoms with van der Waals surface area (Å²) in [5.74, 6) is 1.40. The van der Waals surface area contributed by atoms with E-state index in [0.29, 0.717) is 17.1 Å². The summed E-state index contributed by atoms with van der Waals surface area (Å²) in [5.41, 5.74) is -0.175. The summed E-state index contributed by atoms with van der Waals surface area (Å²) in [6, 6.07) is 26.2. The van der Waals surface area contributed by atoms with E-state index in [1.807, 2.05) is 78.9 Å². The normalized spacial score (nSPS) is 20.0. The molecule has 0 aliphatic heterocycles. The maximum atomic E-state index is 13.0. The minimum atomic E-state index is -2.34. The fourth-order valence-corrected chi connectivity index (χ4v) is 7.39. The van der Waals surface area contributed by atoms with Crippen LogP contribution in [0.5, 0.6) is 11.5 Å². The second-order valence-electron chi connectivity index (χ2n) is 14.3. The lowest BCUT2D eigenvalue weighted by atomic mass is 9.78. The second-order valence-corrected chi connectivity index (χ2v) is 19.1. The van der Waals surface area contributed by atoms with Gasteiger partial charge in [-0.3, -0.25) is 14.3 Å². The molecular weight excluding hydrogens is 637 g/mol. The molecule has 1 saturated carbocycles. The molecule has 10 heteroatoms. The van der Waals surface area contributed by atoms with Gasteiger partial charge in [-0.1, -0.05) is 81.9 Å². The molecule has 1 aliphatic rings. The Morgan fingerprint density at radius 3 is 1.88 bits per heavy atom. The van der Waals surface area contributed by atoms with E-state index < -0.39 is 42.7 Å². The second kappa shape index (κ2) is 14.0. The molecule has 0 spiro atoms. The first-order valence-electron chi connectivity index (χ1n) is 16.5. The zero-order chi connectivity index (χ0) is 35.6. The average molecular weight is 685 g/mol. The van der Waals surface area contributed by atoms with Crippen molar-refractivity contribution in [2.24, 2.45) is 5.41 Å². The lowest BCUT2D eigenvalue weighted by molar-refractivity contribution is -0.0788. The Hall–Kier alpha value is -4.22. The monoisotopic (exact) mass is 684 g/mol. The Morgan fingerprint density at radius 2 is 1.39 bits per heavy atom. The van der Waals surface area contributed by atoms with Crippen molar-refractivity contribution >= 4 is 8.32 Å². The van der Waals surface area contributed by atoms with E-state index in [4.69, 9.17) is 18.6 Å². The zero-order valence-electron chi connectivity index (χ0n) is 29.5. The molecular formula is C39H48N2O7Si.